The molecule has 0 aromatic rings. The van der Waals surface area contributed by atoms with Crippen LogP contribution in [0.2, 0.25) is 0 Å². The molecule has 0 spiro atoms. The van der Waals surface area contributed by atoms with Crippen molar-refractivity contribution in [2.75, 3.05) is 33.3 Å². The largest absolute Gasteiger partial charge is 0.453 e. The van der Waals surface area contributed by atoms with E-state index in [4.69, 9.17) is 0 Å². The first-order chi connectivity index (χ1) is 7.70. The molecule has 90 valence electrons. The molecule has 1 unspecified atom stereocenters. The molecule has 6 heteroatoms. The Kier molecular flexibility index (Phi) is 3.28. The van der Waals surface area contributed by atoms with Gasteiger partial charge in [-0.3, -0.25) is 4.79 Å². The molecule has 0 aromatic heterocycles. The summed E-state index contributed by atoms with van der Waals surface area (Å²) in [7, 11) is 1.34. The van der Waals surface area contributed by atoms with E-state index in [2.05, 4.69) is 15.4 Å². The first-order valence-corrected chi connectivity index (χ1v) is 5.54. The van der Waals surface area contributed by atoms with E-state index in [1.165, 1.54) is 7.11 Å². The Hall–Kier alpha value is -1.30. The Morgan fingerprint density at radius 3 is 2.75 bits per heavy atom. The van der Waals surface area contributed by atoms with Gasteiger partial charge in [-0.15, -0.1) is 0 Å². The van der Waals surface area contributed by atoms with E-state index >= 15 is 0 Å². The third-order valence-corrected chi connectivity index (χ3v) is 3.14. The van der Waals surface area contributed by atoms with Gasteiger partial charge in [-0.25, -0.2) is 4.79 Å². The van der Waals surface area contributed by atoms with Crippen LogP contribution in [0, 0.1) is 5.92 Å². The zero-order valence-corrected chi connectivity index (χ0v) is 9.36. The lowest BCUT2D eigenvalue weighted by Gasteiger charge is -2.30. The molecular weight excluding hydrogens is 210 g/mol. The van der Waals surface area contributed by atoms with Crippen LogP contribution in [0.25, 0.3) is 0 Å². The molecule has 0 aliphatic carbocycles. The van der Waals surface area contributed by atoms with Crippen molar-refractivity contribution in [3.05, 3.63) is 0 Å². The first-order valence-electron chi connectivity index (χ1n) is 5.54. The fraction of sp³-hybridized carbons (Fsp3) is 0.800. The number of rotatable bonds is 2. The highest BCUT2D eigenvalue weighted by Gasteiger charge is 2.34. The maximum Gasteiger partial charge on any atom is 0.407 e. The van der Waals surface area contributed by atoms with Crippen molar-refractivity contribution in [2.24, 2.45) is 5.92 Å². The van der Waals surface area contributed by atoms with E-state index in [1.54, 1.807) is 0 Å². The molecule has 2 fully saturated rings. The van der Waals surface area contributed by atoms with Gasteiger partial charge in [0, 0.05) is 26.2 Å². The van der Waals surface area contributed by atoms with Gasteiger partial charge in [0.2, 0.25) is 5.91 Å². The average Bonchev–Trinajstić information content (AvgIpc) is 2.63. The summed E-state index contributed by atoms with van der Waals surface area (Å²) in [5.74, 6) is 0.338. The second-order valence-corrected chi connectivity index (χ2v) is 4.26. The van der Waals surface area contributed by atoms with Crippen LogP contribution in [0.15, 0.2) is 0 Å². The van der Waals surface area contributed by atoms with Crippen LogP contribution in [-0.2, 0) is 9.53 Å². The zero-order valence-electron chi connectivity index (χ0n) is 9.36. The SMILES string of the molecule is COC(=O)NC1CCN(C(=O)C2CNC2)C1. The topological polar surface area (TPSA) is 70.7 Å². The minimum absolute atomic E-state index is 0.0319. The number of hydrogen-bond donors (Lipinski definition) is 2. The zero-order chi connectivity index (χ0) is 11.5. The van der Waals surface area contributed by atoms with Gasteiger partial charge < -0.3 is 20.3 Å². The van der Waals surface area contributed by atoms with Gasteiger partial charge in [0.05, 0.1) is 19.1 Å². The number of alkyl carbamates (subject to hydrolysis) is 1. The van der Waals surface area contributed by atoms with Crippen molar-refractivity contribution < 1.29 is 14.3 Å². The lowest BCUT2D eigenvalue weighted by Crippen LogP contribution is -2.52. The van der Waals surface area contributed by atoms with Crippen molar-refractivity contribution in [1.29, 1.82) is 0 Å². The molecular formula is C10H17N3O3. The molecule has 0 bridgehead atoms. The van der Waals surface area contributed by atoms with Crippen LogP contribution < -0.4 is 10.6 Å². The predicted octanol–water partition coefficient (Wildman–Crippen LogP) is -0.837. The first kappa shape index (κ1) is 11.2. The molecule has 16 heavy (non-hydrogen) atoms. The number of hydrogen-bond acceptors (Lipinski definition) is 4. The summed E-state index contributed by atoms with van der Waals surface area (Å²) in [4.78, 5) is 24.7. The normalized spacial score (nSPS) is 25.1. The Labute approximate surface area is 94.3 Å². The monoisotopic (exact) mass is 227 g/mol. The summed E-state index contributed by atoms with van der Waals surface area (Å²) in [6.07, 6.45) is 0.380. The van der Waals surface area contributed by atoms with Gasteiger partial charge in [-0.1, -0.05) is 0 Å². The van der Waals surface area contributed by atoms with Crippen LogP contribution in [0.5, 0.6) is 0 Å². The third-order valence-electron chi connectivity index (χ3n) is 3.14. The lowest BCUT2D eigenvalue weighted by molar-refractivity contribution is -0.136. The number of nitrogens with zero attached hydrogens (tertiary/aromatic N) is 1. The second-order valence-electron chi connectivity index (χ2n) is 4.26. The van der Waals surface area contributed by atoms with Gasteiger partial charge in [-0.2, -0.15) is 0 Å². The summed E-state index contributed by atoms with van der Waals surface area (Å²) in [5, 5.41) is 5.80. The highest BCUT2D eigenvalue weighted by Crippen LogP contribution is 2.15. The summed E-state index contributed by atoms with van der Waals surface area (Å²) >= 11 is 0. The molecule has 6 nitrogen and oxygen atoms in total. The summed E-state index contributed by atoms with van der Waals surface area (Å²) in [6.45, 7) is 2.89. The quantitative estimate of drug-likeness (QED) is 0.645. The van der Waals surface area contributed by atoms with Crippen molar-refractivity contribution in [3.8, 4) is 0 Å². The van der Waals surface area contributed by atoms with E-state index in [1.807, 2.05) is 4.90 Å². The Bertz CT molecular complexity index is 291. The number of likely N-dealkylation sites (tertiary alicyclic amines) is 1. The molecule has 2 aliphatic rings. The van der Waals surface area contributed by atoms with Crippen molar-refractivity contribution in [3.63, 3.8) is 0 Å². The highest BCUT2D eigenvalue weighted by molar-refractivity contribution is 5.80. The number of nitrogens with one attached hydrogen (secondary N) is 2. The number of ether oxygens (including phenoxy) is 1. The van der Waals surface area contributed by atoms with Crippen LogP contribution >= 0.6 is 0 Å². The van der Waals surface area contributed by atoms with Crippen LogP contribution in [0.1, 0.15) is 6.42 Å². The highest BCUT2D eigenvalue weighted by atomic mass is 16.5. The maximum atomic E-state index is 11.9. The molecule has 2 N–H and O–H groups in total. The van der Waals surface area contributed by atoms with Crippen molar-refractivity contribution in [2.45, 2.75) is 12.5 Å². The lowest BCUT2D eigenvalue weighted by atomic mass is 10.0. The van der Waals surface area contributed by atoms with Gasteiger partial charge >= 0.3 is 6.09 Å². The molecule has 1 atom stereocenters. The number of carbonyl (C=O) groups excluding carboxylic acids is 2. The minimum Gasteiger partial charge on any atom is -0.453 e. The van der Waals surface area contributed by atoms with Gasteiger partial charge in [-0.05, 0) is 6.42 Å². The van der Waals surface area contributed by atoms with Gasteiger partial charge in [0.15, 0.2) is 0 Å². The Balaban J connectivity index is 1.78. The predicted molar refractivity (Wildman–Crippen MR) is 56.9 cm³/mol. The molecule has 0 saturated carbocycles. The van der Waals surface area contributed by atoms with E-state index in [9.17, 15) is 9.59 Å². The summed E-state index contributed by atoms with van der Waals surface area (Å²) in [6, 6.07) is 0.0319. The standard InChI is InChI=1S/C10H17N3O3/c1-16-10(15)12-8-2-3-13(6-8)9(14)7-4-11-5-7/h7-8,11H,2-6H2,1H3,(H,12,15). The van der Waals surface area contributed by atoms with Crippen LogP contribution in [0.3, 0.4) is 0 Å². The molecule has 2 saturated heterocycles. The fourth-order valence-electron chi connectivity index (χ4n) is 2.03. The number of carbonyl (C=O) groups is 2. The molecule has 0 radical (unpaired) electrons. The summed E-state index contributed by atoms with van der Waals surface area (Å²) < 4.78 is 4.52. The number of methoxy groups -OCH3 is 1. The van der Waals surface area contributed by atoms with Gasteiger partial charge in [0.1, 0.15) is 0 Å². The van der Waals surface area contributed by atoms with Crippen LogP contribution in [-0.4, -0.2) is 56.2 Å². The van der Waals surface area contributed by atoms with E-state index < -0.39 is 6.09 Å². The van der Waals surface area contributed by atoms with Gasteiger partial charge in [0.25, 0.3) is 0 Å². The van der Waals surface area contributed by atoms with Crippen LogP contribution in [0.4, 0.5) is 4.79 Å². The second kappa shape index (κ2) is 4.69. The molecule has 0 aromatic carbocycles. The van der Waals surface area contributed by atoms with E-state index in [0.717, 1.165) is 26.1 Å². The van der Waals surface area contributed by atoms with E-state index in [0.29, 0.717) is 6.54 Å². The molecule has 2 amide bonds. The molecule has 2 aliphatic heterocycles. The van der Waals surface area contributed by atoms with Crippen molar-refractivity contribution >= 4 is 12.0 Å². The minimum atomic E-state index is -0.426. The Morgan fingerprint density at radius 2 is 2.19 bits per heavy atom. The smallest absolute Gasteiger partial charge is 0.407 e. The average molecular weight is 227 g/mol. The molecule has 2 rings (SSSR count). The number of amides is 2. The Morgan fingerprint density at radius 1 is 1.44 bits per heavy atom. The fourth-order valence-corrected chi connectivity index (χ4v) is 2.03. The maximum absolute atomic E-state index is 11.9. The summed E-state index contributed by atoms with van der Waals surface area (Å²) in [5.41, 5.74) is 0. The third kappa shape index (κ3) is 2.27. The van der Waals surface area contributed by atoms with Crippen molar-refractivity contribution in [1.82, 2.24) is 15.5 Å². The van der Waals surface area contributed by atoms with E-state index in [-0.39, 0.29) is 17.9 Å². The molecule has 2 heterocycles.